The number of thioether (sulfide) groups is 1. The van der Waals surface area contributed by atoms with Crippen LogP contribution >= 0.6 is 11.8 Å². The Morgan fingerprint density at radius 3 is 1.74 bits per heavy atom. The maximum absolute atomic E-state index is 12.7. The third kappa shape index (κ3) is 37.8. The number of ether oxygens (including phenoxy) is 2. The van der Waals surface area contributed by atoms with E-state index in [1.807, 2.05) is 30.4 Å². The van der Waals surface area contributed by atoms with Crippen molar-refractivity contribution in [1.29, 1.82) is 0 Å². The van der Waals surface area contributed by atoms with Gasteiger partial charge in [0.05, 0.1) is 12.7 Å². The van der Waals surface area contributed by atoms with E-state index < -0.39 is 42.0 Å². The Bertz CT molecular complexity index is 1090. The van der Waals surface area contributed by atoms with Crippen molar-refractivity contribution in [2.24, 2.45) is 5.73 Å². The van der Waals surface area contributed by atoms with E-state index in [0.717, 1.165) is 32.1 Å². The summed E-state index contributed by atoms with van der Waals surface area (Å²) in [5, 5.41) is 29.1. The van der Waals surface area contributed by atoms with Crippen LogP contribution in [0, 0.1) is 0 Å². The molecule has 0 aromatic carbocycles. The lowest BCUT2D eigenvalue weighted by Gasteiger charge is -2.22. The minimum absolute atomic E-state index is 0.0472. The molecule has 0 bridgehead atoms. The van der Waals surface area contributed by atoms with E-state index >= 15 is 0 Å². The number of carbonyl (C=O) groups is 3. The lowest BCUT2D eigenvalue weighted by atomic mass is 10.0. The molecule has 0 heterocycles. The molecule has 4 atom stereocenters. The summed E-state index contributed by atoms with van der Waals surface area (Å²) in [5.74, 6) is -1.93. The van der Waals surface area contributed by atoms with Crippen molar-refractivity contribution in [3.63, 3.8) is 0 Å². The molecule has 0 aliphatic carbocycles. The van der Waals surface area contributed by atoms with Gasteiger partial charge in [0, 0.05) is 23.8 Å². The first-order chi connectivity index (χ1) is 28.2. The summed E-state index contributed by atoms with van der Waals surface area (Å²) >= 11 is 1.27. The van der Waals surface area contributed by atoms with Gasteiger partial charge in [0.25, 0.3) is 0 Å². The molecule has 0 amide bonds. The number of carboxylic acid groups (broad SMARTS) is 1. The molecule has 0 unspecified atom stereocenters. The number of nitrogens with two attached hydrogens (primary N) is 1. The molecule has 0 aliphatic heterocycles. The summed E-state index contributed by atoms with van der Waals surface area (Å²) in [5.41, 5.74) is 6.12. The van der Waals surface area contributed by atoms with Gasteiger partial charge in [-0.3, -0.25) is 14.4 Å². The number of aliphatic hydroxyl groups excluding tert-OH is 2. The second-order valence-electron chi connectivity index (χ2n) is 15.7. The number of aliphatic hydroxyl groups is 2. The van der Waals surface area contributed by atoms with Crippen LogP contribution in [-0.2, 0) is 23.9 Å². The molecule has 0 spiro atoms. The van der Waals surface area contributed by atoms with Gasteiger partial charge in [-0.1, -0.05) is 191 Å². The summed E-state index contributed by atoms with van der Waals surface area (Å²) in [6.07, 6.45) is 44.8. The van der Waals surface area contributed by atoms with E-state index in [9.17, 15) is 24.6 Å². The third-order valence-corrected chi connectivity index (χ3v) is 11.5. The highest BCUT2D eigenvalue weighted by Crippen LogP contribution is 2.22. The molecule has 10 heteroatoms. The lowest BCUT2D eigenvalue weighted by molar-refractivity contribution is -0.162. The van der Waals surface area contributed by atoms with E-state index in [1.54, 1.807) is 0 Å². The van der Waals surface area contributed by atoms with Crippen molar-refractivity contribution in [2.75, 3.05) is 19.0 Å². The fourth-order valence-corrected chi connectivity index (χ4v) is 7.58. The average molecular weight is 836 g/mol. The molecule has 336 valence electrons. The number of unbranched alkanes of at least 4 members (excludes halogenated alkanes) is 21. The van der Waals surface area contributed by atoms with Gasteiger partial charge >= 0.3 is 17.9 Å². The van der Waals surface area contributed by atoms with Crippen LogP contribution in [0.25, 0.3) is 0 Å². The fourth-order valence-electron chi connectivity index (χ4n) is 6.45. The van der Waals surface area contributed by atoms with Crippen molar-refractivity contribution in [3.8, 4) is 0 Å². The number of hydrogen-bond donors (Lipinski definition) is 4. The van der Waals surface area contributed by atoms with Crippen LogP contribution in [0.2, 0.25) is 0 Å². The molecule has 5 N–H and O–H groups in total. The number of esters is 2. The van der Waals surface area contributed by atoms with Crippen LogP contribution in [0.1, 0.15) is 194 Å². The quantitative estimate of drug-likeness (QED) is 0.0202. The molecule has 0 radical (unpaired) electrons. The van der Waals surface area contributed by atoms with Crippen molar-refractivity contribution >= 4 is 29.7 Å². The number of hydrogen-bond acceptors (Lipinski definition) is 9. The lowest BCUT2D eigenvalue weighted by Crippen LogP contribution is -2.40. The Morgan fingerprint density at radius 2 is 1.19 bits per heavy atom. The normalized spacial score (nSPS) is 14.2. The van der Waals surface area contributed by atoms with Gasteiger partial charge in [0.1, 0.15) is 12.6 Å². The number of rotatable bonds is 42. The molecule has 0 aromatic heterocycles. The molecule has 0 aromatic rings. The van der Waals surface area contributed by atoms with Gasteiger partial charge in [0.15, 0.2) is 6.10 Å². The Labute approximate surface area is 358 Å². The van der Waals surface area contributed by atoms with Crippen molar-refractivity contribution in [3.05, 3.63) is 48.6 Å². The standard InChI is InChI=1S/C48H85NO8S/c1-3-5-7-9-11-13-15-17-18-19-20-21-22-23-25-27-29-31-33-38-47(54)56-40-42(39-50)57-48(55)43(49)41-58-45(44(51)35-34-37-46(52)53)36-32-30-28-26-24-16-14-12-10-8-6-4-2/h12,14,24,26,28,30,32,36,42-45,50-51H,3-11,13,15-23,25,27,29,31,33-35,37-41,49H2,1-2H3,(H,52,53)/b14-12-,26-24-,30-28+,36-32+/t42-,43-,44-,45+/m0/s1. The summed E-state index contributed by atoms with van der Waals surface area (Å²) in [7, 11) is 0. The van der Waals surface area contributed by atoms with Crippen molar-refractivity contribution < 1.29 is 39.2 Å². The number of allylic oxidation sites excluding steroid dienone is 7. The number of carbonyl (C=O) groups excluding carboxylic acids is 2. The highest BCUT2D eigenvalue weighted by molar-refractivity contribution is 8.00. The molecule has 58 heavy (non-hydrogen) atoms. The highest BCUT2D eigenvalue weighted by atomic mass is 32.2. The second kappa shape index (κ2) is 42.7. The SMILES string of the molecule is CCCCC/C=C\C\C=C/C=C/C=C/[C@@H](SC[C@H](N)C(=O)O[C@@H](CO)COC(=O)CCCCCCCCCCCCCCCCCCCCC)[C@@H](O)CCCC(=O)O. The first-order valence-corrected chi connectivity index (χ1v) is 24.2. The van der Waals surface area contributed by atoms with E-state index in [1.165, 1.54) is 134 Å². The van der Waals surface area contributed by atoms with E-state index in [2.05, 4.69) is 32.1 Å². The maximum Gasteiger partial charge on any atom is 0.324 e. The van der Waals surface area contributed by atoms with Gasteiger partial charge in [-0.15, -0.1) is 11.8 Å². The maximum atomic E-state index is 12.7. The smallest absolute Gasteiger partial charge is 0.324 e. The molecular weight excluding hydrogens is 751 g/mol. The van der Waals surface area contributed by atoms with Crippen molar-refractivity contribution in [1.82, 2.24) is 0 Å². The second-order valence-corrected chi connectivity index (χ2v) is 16.9. The Balaban J connectivity index is 4.32. The van der Waals surface area contributed by atoms with Gasteiger partial charge in [-0.05, 0) is 38.5 Å². The van der Waals surface area contributed by atoms with Gasteiger partial charge in [0.2, 0.25) is 0 Å². The predicted octanol–water partition coefficient (Wildman–Crippen LogP) is 11.5. The zero-order valence-electron chi connectivity index (χ0n) is 36.7. The minimum atomic E-state index is -1.05. The zero-order valence-corrected chi connectivity index (χ0v) is 37.5. The first kappa shape index (κ1) is 55.6. The molecule has 0 saturated carbocycles. The third-order valence-electron chi connectivity index (χ3n) is 10.1. The van der Waals surface area contributed by atoms with Crippen LogP contribution in [0.15, 0.2) is 48.6 Å². The summed E-state index contributed by atoms with van der Waals surface area (Å²) in [4.78, 5) is 36.0. The van der Waals surface area contributed by atoms with E-state index in [4.69, 9.17) is 20.3 Å². The minimum Gasteiger partial charge on any atom is -0.481 e. The van der Waals surface area contributed by atoms with Crippen LogP contribution in [-0.4, -0.2) is 75.7 Å². The molecule has 0 rings (SSSR count). The Hall–Kier alpha value is -2.40. The molecule has 9 nitrogen and oxygen atoms in total. The summed E-state index contributed by atoms with van der Waals surface area (Å²) in [6.45, 7) is 3.71. The number of aliphatic carboxylic acids is 1. The fraction of sp³-hybridized carbons (Fsp3) is 0.771. The van der Waals surface area contributed by atoms with Crippen LogP contribution < -0.4 is 5.73 Å². The molecule has 0 fully saturated rings. The summed E-state index contributed by atoms with van der Waals surface area (Å²) in [6, 6.07) is -1.05. The average Bonchev–Trinajstić information content (AvgIpc) is 3.21. The van der Waals surface area contributed by atoms with Crippen LogP contribution in [0.4, 0.5) is 0 Å². The van der Waals surface area contributed by atoms with Gasteiger partial charge < -0.3 is 30.5 Å². The highest BCUT2D eigenvalue weighted by Gasteiger charge is 2.24. The Morgan fingerprint density at radius 1 is 0.655 bits per heavy atom. The monoisotopic (exact) mass is 836 g/mol. The molecular formula is C48H85NO8S. The summed E-state index contributed by atoms with van der Waals surface area (Å²) < 4.78 is 10.6. The topological polar surface area (TPSA) is 156 Å². The molecule has 0 aliphatic rings. The Kier molecular flexibility index (Phi) is 40.9. The predicted molar refractivity (Wildman–Crippen MR) is 243 cm³/mol. The number of carboxylic acids is 1. The van der Waals surface area contributed by atoms with E-state index in [-0.39, 0.29) is 37.6 Å². The van der Waals surface area contributed by atoms with Crippen molar-refractivity contribution in [2.45, 2.75) is 217 Å². The molecule has 0 saturated heterocycles. The van der Waals surface area contributed by atoms with E-state index in [0.29, 0.717) is 6.42 Å². The van der Waals surface area contributed by atoms with Crippen LogP contribution in [0.3, 0.4) is 0 Å². The van der Waals surface area contributed by atoms with Crippen LogP contribution in [0.5, 0.6) is 0 Å². The first-order valence-electron chi connectivity index (χ1n) is 23.1. The zero-order chi connectivity index (χ0) is 42.7. The van der Waals surface area contributed by atoms with Gasteiger partial charge in [-0.2, -0.15) is 0 Å². The van der Waals surface area contributed by atoms with Gasteiger partial charge in [-0.25, -0.2) is 0 Å². The largest absolute Gasteiger partial charge is 0.481 e.